The summed E-state index contributed by atoms with van der Waals surface area (Å²) in [6, 6.07) is 1.51. The van der Waals surface area contributed by atoms with Crippen molar-refractivity contribution in [2.45, 2.75) is 45.2 Å². The average molecular weight is 194 g/mol. The van der Waals surface area contributed by atoms with Gasteiger partial charge in [0.2, 0.25) is 0 Å². The van der Waals surface area contributed by atoms with Crippen LogP contribution in [-0.4, -0.2) is 36.6 Å². The predicted octanol–water partition coefficient (Wildman–Crippen LogP) is 1.78. The van der Waals surface area contributed by atoms with Gasteiger partial charge in [-0.15, -0.1) is 0 Å². The fraction of sp³-hybridized carbons (Fsp3) is 0.833. The molecule has 0 amide bonds. The van der Waals surface area contributed by atoms with E-state index < -0.39 is 0 Å². The van der Waals surface area contributed by atoms with Crippen molar-refractivity contribution in [1.29, 1.82) is 0 Å². The van der Waals surface area contributed by atoms with E-state index in [4.69, 9.17) is 0 Å². The molecular weight excluding hydrogens is 172 g/mol. The van der Waals surface area contributed by atoms with E-state index in [1.165, 1.54) is 25.8 Å². The van der Waals surface area contributed by atoms with E-state index in [0.29, 0.717) is 6.04 Å². The van der Waals surface area contributed by atoms with Crippen molar-refractivity contribution >= 4 is 0 Å². The van der Waals surface area contributed by atoms with Crippen LogP contribution in [0.25, 0.3) is 0 Å². The molecule has 1 aliphatic heterocycles. The quantitative estimate of drug-likeness (QED) is 0.686. The van der Waals surface area contributed by atoms with Gasteiger partial charge in [-0.1, -0.05) is 12.5 Å². The van der Waals surface area contributed by atoms with Gasteiger partial charge in [0.1, 0.15) is 0 Å². The predicted molar refractivity (Wildman–Crippen MR) is 60.4 cm³/mol. The van der Waals surface area contributed by atoms with Gasteiger partial charge in [0.05, 0.1) is 0 Å². The minimum atomic E-state index is 0.687. The first-order valence-electron chi connectivity index (χ1n) is 5.91. The van der Waals surface area contributed by atoms with Gasteiger partial charge in [-0.05, 0) is 32.3 Å². The van der Waals surface area contributed by atoms with Crippen LogP contribution in [0.4, 0.5) is 0 Å². The lowest BCUT2D eigenvalue weighted by Gasteiger charge is -2.27. The molecule has 2 nitrogen and oxygen atoms in total. The molecule has 0 radical (unpaired) electrons. The van der Waals surface area contributed by atoms with Gasteiger partial charge in [0, 0.05) is 31.7 Å². The first-order chi connectivity index (χ1) is 6.75. The van der Waals surface area contributed by atoms with Crippen LogP contribution in [-0.2, 0) is 0 Å². The van der Waals surface area contributed by atoms with Crippen LogP contribution >= 0.6 is 0 Å². The molecule has 2 rings (SSSR count). The van der Waals surface area contributed by atoms with Crippen LogP contribution in [0.2, 0.25) is 0 Å². The Balaban J connectivity index is 1.67. The largest absolute Gasteiger partial charge is 0.310 e. The molecule has 0 aromatic carbocycles. The van der Waals surface area contributed by atoms with Gasteiger partial charge >= 0.3 is 0 Å². The molecule has 0 atom stereocenters. The Hall–Kier alpha value is -0.340. The number of hydrogen-bond acceptors (Lipinski definition) is 2. The van der Waals surface area contributed by atoms with E-state index in [0.717, 1.165) is 19.1 Å². The van der Waals surface area contributed by atoms with Crippen LogP contribution in [0.3, 0.4) is 0 Å². The molecule has 1 heterocycles. The second-order valence-electron chi connectivity index (χ2n) is 4.89. The Kier molecular flexibility index (Phi) is 3.24. The lowest BCUT2D eigenvalue weighted by atomic mass is 9.93. The first kappa shape index (κ1) is 10.2. The SMILES string of the molecule is CC(C)N1CC=C(CNC2CCC2)C1. The maximum absolute atomic E-state index is 3.63. The van der Waals surface area contributed by atoms with Crippen LogP contribution in [0.15, 0.2) is 11.6 Å². The Labute approximate surface area is 87.4 Å². The third-order valence-electron chi connectivity index (χ3n) is 3.47. The molecule has 1 fully saturated rings. The smallest absolute Gasteiger partial charge is 0.0212 e. The fourth-order valence-corrected chi connectivity index (χ4v) is 2.05. The monoisotopic (exact) mass is 194 g/mol. The second-order valence-corrected chi connectivity index (χ2v) is 4.89. The third kappa shape index (κ3) is 2.37. The van der Waals surface area contributed by atoms with Crippen molar-refractivity contribution in [3.63, 3.8) is 0 Å². The lowest BCUT2D eigenvalue weighted by molar-refractivity contribution is 0.280. The summed E-state index contributed by atoms with van der Waals surface area (Å²) in [7, 11) is 0. The van der Waals surface area contributed by atoms with E-state index in [9.17, 15) is 0 Å². The van der Waals surface area contributed by atoms with E-state index in [2.05, 4.69) is 30.1 Å². The highest BCUT2D eigenvalue weighted by molar-refractivity contribution is 5.14. The van der Waals surface area contributed by atoms with Gasteiger partial charge in [0.25, 0.3) is 0 Å². The van der Waals surface area contributed by atoms with Crippen LogP contribution in [0.1, 0.15) is 33.1 Å². The highest BCUT2D eigenvalue weighted by Crippen LogP contribution is 2.19. The van der Waals surface area contributed by atoms with Crippen molar-refractivity contribution < 1.29 is 0 Å². The molecule has 0 spiro atoms. The normalized spacial score (nSPS) is 24.1. The maximum atomic E-state index is 3.63. The number of nitrogens with one attached hydrogen (secondary N) is 1. The van der Waals surface area contributed by atoms with Gasteiger partial charge in [-0.25, -0.2) is 0 Å². The molecule has 0 aromatic heterocycles. The molecule has 14 heavy (non-hydrogen) atoms. The number of nitrogens with zero attached hydrogens (tertiary/aromatic N) is 1. The Morgan fingerprint density at radius 2 is 2.29 bits per heavy atom. The van der Waals surface area contributed by atoms with E-state index in [1.54, 1.807) is 5.57 Å². The summed E-state index contributed by atoms with van der Waals surface area (Å²) in [6.07, 6.45) is 6.60. The molecule has 0 bridgehead atoms. The molecule has 1 N–H and O–H groups in total. The summed E-state index contributed by atoms with van der Waals surface area (Å²) < 4.78 is 0. The van der Waals surface area contributed by atoms with Gasteiger partial charge in [0.15, 0.2) is 0 Å². The minimum absolute atomic E-state index is 0.687. The topological polar surface area (TPSA) is 15.3 Å². The second kappa shape index (κ2) is 4.45. The molecule has 1 saturated carbocycles. The van der Waals surface area contributed by atoms with Gasteiger partial charge in [-0.3, -0.25) is 4.90 Å². The van der Waals surface area contributed by atoms with E-state index >= 15 is 0 Å². The third-order valence-corrected chi connectivity index (χ3v) is 3.47. The van der Waals surface area contributed by atoms with E-state index in [-0.39, 0.29) is 0 Å². The summed E-state index contributed by atoms with van der Waals surface area (Å²) in [5.41, 5.74) is 1.59. The Bertz CT molecular complexity index is 216. The molecule has 0 unspecified atom stereocenters. The zero-order chi connectivity index (χ0) is 9.97. The zero-order valence-electron chi connectivity index (χ0n) is 9.42. The average Bonchev–Trinajstić information content (AvgIpc) is 2.50. The summed E-state index contributed by atoms with van der Waals surface area (Å²) in [5, 5.41) is 3.63. The van der Waals surface area contributed by atoms with Gasteiger partial charge in [-0.2, -0.15) is 0 Å². The van der Waals surface area contributed by atoms with Crippen LogP contribution < -0.4 is 5.32 Å². The van der Waals surface area contributed by atoms with Crippen molar-refractivity contribution in [2.24, 2.45) is 0 Å². The highest BCUT2D eigenvalue weighted by Gasteiger charge is 2.19. The van der Waals surface area contributed by atoms with Crippen LogP contribution in [0, 0.1) is 0 Å². The molecule has 2 heteroatoms. The maximum Gasteiger partial charge on any atom is 0.0212 e. The number of hydrogen-bond donors (Lipinski definition) is 1. The molecule has 80 valence electrons. The van der Waals surface area contributed by atoms with E-state index in [1.807, 2.05) is 0 Å². The number of rotatable bonds is 4. The molecule has 0 saturated heterocycles. The summed E-state index contributed by atoms with van der Waals surface area (Å²) in [6.45, 7) is 8.00. The van der Waals surface area contributed by atoms with Gasteiger partial charge < -0.3 is 5.32 Å². The Morgan fingerprint density at radius 3 is 2.79 bits per heavy atom. The standard InChI is InChI=1S/C12H22N2/c1-10(2)14-7-6-11(9-14)8-13-12-4-3-5-12/h6,10,12-13H,3-5,7-9H2,1-2H3. The lowest BCUT2D eigenvalue weighted by Crippen LogP contribution is -2.37. The zero-order valence-corrected chi connectivity index (χ0v) is 9.42. The van der Waals surface area contributed by atoms with Crippen molar-refractivity contribution in [2.75, 3.05) is 19.6 Å². The molecule has 2 aliphatic rings. The fourth-order valence-electron chi connectivity index (χ4n) is 2.05. The summed E-state index contributed by atoms with van der Waals surface area (Å²) >= 11 is 0. The Morgan fingerprint density at radius 1 is 1.50 bits per heavy atom. The van der Waals surface area contributed by atoms with Crippen LogP contribution in [0.5, 0.6) is 0 Å². The van der Waals surface area contributed by atoms with Crippen molar-refractivity contribution in [1.82, 2.24) is 10.2 Å². The minimum Gasteiger partial charge on any atom is -0.310 e. The molecule has 0 aromatic rings. The molecular formula is C12H22N2. The molecule has 1 aliphatic carbocycles. The highest BCUT2D eigenvalue weighted by atomic mass is 15.2. The summed E-state index contributed by atoms with van der Waals surface area (Å²) in [5.74, 6) is 0. The van der Waals surface area contributed by atoms with Crippen molar-refractivity contribution in [3.8, 4) is 0 Å². The van der Waals surface area contributed by atoms with Crippen molar-refractivity contribution in [3.05, 3.63) is 11.6 Å². The first-order valence-corrected chi connectivity index (χ1v) is 5.91. The summed E-state index contributed by atoms with van der Waals surface area (Å²) in [4.78, 5) is 2.51.